The summed E-state index contributed by atoms with van der Waals surface area (Å²) in [6, 6.07) is 0. The van der Waals surface area contributed by atoms with E-state index in [1.807, 2.05) is 7.05 Å². The van der Waals surface area contributed by atoms with E-state index in [9.17, 15) is 0 Å². The molecule has 0 saturated carbocycles. The maximum atomic E-state index is 5.76. The topological polar surface area (TPSA) is 29.0 Å². The van der Waals surface area contributed by atoms with Gasteiger partial charge in [0.25, 0.3) is 0 Å². The molecule has 1 heterocycles. The van der Waals surface area contributed by atoms with Gasteiger partial charge in [0.1, 0.15) is 5.82 Å². The van der Waals surface area contributed by atoms with E-state index in [1.54, 1.807) is 6.20 Å². The van der Waals surface area contributed by atoms with Crippen LogP contribution < -0.4 is 4.90 Å². The number of nitrogens with zero attached hydrogens (tertiary/aromatic N) is 3. The van der Waals surface area contributed by atoms with Crippen LogP contribution in [0.3, 0.4) is 0 Å². The Balaban J connectivity index is 2.80. The molecule has 5 heteroatoms. The molecule has 1 unspecified atom stereocenters. The first-order valence-electron chi connectivity index (χ1n) is 4.93. The summed E-state index contributed by atoms with van der Waals surface area (Å²) in [5, 5.41) is 0.282. The van der Waals surface area contributed by atoms with Crippen LogP contribution in [0.4, 0.5) is 5.82 Å². The molecular weight excluding hydrogens is 277 g/mol. The first kappa shape index (κ1) is 12.7. The zero-order valence-corrected chi connectivity index (χ0v) is 11.5. The van der Waals surface area contributed by atoms with E-state index >= 15 is 0 Å². The Morgan fingerprint density at radius 2 is 2.27 bits per heavy atom. The highest BCUT2D eigenvalue weighted by atomic mass is 79.9. The summed E-state index contributed by atoms with van der Waals surface area (Å²) >= 11 is 9.18. The third kappa shape index (κ3) is 3.61. The molecule has 84 valence electrons. The highest BCUT2D eigenvalue weighted by molar-refractivity contribution is 9.10. The SMILES string of the molecule is CCC(C)CN(C)c1nc(Cl)ncc1Br. The number of rotatable bonds is 4. The number of hydrogen-bond acceptors (Lipinski definition) is 3. The quantitative estimate of drug-likeness (QED) is 0.797. The fourth-order valence-corrected chi connectivity index (χ4v) is 1.91. The van der Waals surface area contributed by atoms with Crippen molar-refractivity contribution in [2.45, 2.75) is 20.3 Å². The fraction of sp³-hybridized carbons (Fsp3) is 0.600. The summed E-state index contributed by atoms with van der Waals surface area (Å²) in [6.07, 6.45) is 2.83. The first-order chi connectivity index (χ1) is 7.04. The van der Waals surface area contributed by atoms with Crippen molar-refractivity contribution in [3.8, 4) is 0 Å². The lowest BCUT2D eigenvalue weighted by Crippen LogP contribution is -2.25. The number of hydrogen-bond donors (Lipinski definition) is 0. The molecule has 0 aliphatic heterocycles. The minimum absolute atomic E-state index is 0.282. The third-order valence-electron chi connectivity index (χ3n) is 2.34. The molecule has 1 aromatic rings. The third-order valence-corrected chi connectivity index (χ3v) is 3.08. The molecule has 0 fully saturated rings. The summed E-state index contributed by atoms with van der Waals surface area (Å²) in [6.45, 7) is 5.36. The average Bonchev–Trinajstić information content (AvgIpc) is 2.21. The molecule has 1 aromatic heterocycles. The molecular formula is C10H15BrClN3. The molecule has 0 amide bonds. The molecule has 0 N–H and O–H groups in total. The van der Waals surface area contributed by atoms with Crippen molar-refractivity contribution in [1.82, 2.24) is 9.97 Å². The van der Waals surface area contributed by atoms with Crippen LogP contribution in [0.5, 0.6) is 0 Å². The van der Waals surface area contributed by atoms with Crippen LogP contribution in [-0.2, 0) is 0 Å². The summed E-state index contributed by atoms with van der Waals surface area (Å²) in [4.78, 5) is 10.2. The van der Waals surface area contributed by atoms with E-state index in [0.717, 1.165) is 23.3 Å². The zero-order valence-electron chi connectivity index (χ0n) is 9.17. The molecule has 1 rings (SSSR count). The largest absolute Gasteiger partial charge is 0.358 e. The van der Waals surface area contributed by atoms with Gasteiger partial charge in [0.05, 0.1) is 4.47 Å². The zero-order chi connectivity index (χ0) is 11.4. The smallest absolute Gasteiger partial charge is 0.224 e. The van der Waals surface area contributed by atoms with Crippen LogP contribution in [0.15, 0.2) is 10.7 Å². The van der Waals surface area contributed by atoms with Crippen LogP contribution in [0.2, 0.25) is 5.28 Å². The van der Waals surface area contributed by atoms with Crippen LogP contribution >= 0.6 is 27.5 Å². The first-order valence-corrected chi connectivity index (χ1v) is 6.10. The van der Waals surface area contributed by atoms with Gasteiger partial charge in [-0.15, -0.1) is 0 Å². The van der Waals surface area contributed by atoms with Gasteiger partial charge in [0, 0.05) is 19.8 Å². The summed E-state index contributed by atoms with van der Waals surface area (Å²) in [5.74, 6) is 1.48. The molecule has 3 nitrogen and oxygen atoms in total. The minimum Gasteiger partial charge on any atom is -0.358 e. The Labute approximate surface area is 104 Å². The van der Waals surface area contributed by atoms with Crippen molar-refractivity contribution in [1.29, 1.82) is 0 Å². The number of anilines is 1. The molecule has 0 radical (unpaired) electrons. The van der Waals surface area contributed by atoms with E-state index in [1.165, 1.54) is 0 Å². The van der Waals surface area contributed by atoms with Crippen molar-refractivity contribution in [3.05, 3.63) is 16.0 Å². The Kier molecular flexibility index (Phi) is 4.80. The van der Waals surface area contributed by atoms with E-state index in [0.29, 0.717) is 5.92 Å². The Bertz CT molecular complexity index is 332. The number of halogens is 2. The average molecular weight is 293 g/mol. The van der Waals surface area contributed by atoms with Gasteiger partial charge in [-0.3, -0.25) is 0 Å². The molecule has 0 saturated heterocycles. The number of aromatic nitrogens is 2. The van der Waals surface area contributed by atoms with E-state index in [4.69, 9.17) is 11.6 Å². The monoisotopic (exact) mass is 291 g/mol. The Hall–Kier alpha value is -0.350. The van der Waals surface area contributed by atoms with Gasteiger partial charge < -0.3 is 4.90 Å². The fourth-order valence-electron chi connectivity index (χ4n) is 1.29. The van der Waals surface area contributed by atoms with Gasteiger partial charge in [-0.2, -0.15) is 4.98 Å². The summed E-state index contributed by atoms with van der Waals surface area (Å²) in [7, 11) is 2.01. The normalized spacial score (nSPS) is 12.6. The lowest BCUT2D eigenvalue weighted by Gasteiger charge is -2.22. The molecule has 0 aliphatic carbocycles. The van der Waals surface area contributed by atoms with Crippen molar-refractivity contribution in [3.63, 3.8) is 0 Å². The van der Waals surface area contributed by atoms with Gasteiger partial charge >= 0.3 is 0 Å². The van der Waals surface area contributed by atoms with E-state index < -0.39 is 0 Å². The molecule has 0 spiro atoms. The second-order valence-corrected chi connectivity index (χ2v) is 4.90. The minimum atomic E-state index is 0.282. The maximum Gasteiger partial charge on any atom is 0.224 e. The van der Waals surface area contributed by atoms with Crippen LogP contribution in [0, 0.1) is 5.92 Å². The Morgan fingerprint density at radius 1 is 1.60 bits per heavy atom. The molecule has 15 heavy (non-hydrogen) atoms. The standard InChI is InChI=1S/C10H15BrClN3/c1-4-7(2)6-15(3)9-8(11)5-13-10(12)14-9/h5,7H,4,6H2,1-3H3. The molecule has 0 aliphatic rings. The lowest BCUT2D eigenvalue weighted by molar-refractivity contribution is 0.557. The summed E-state index contributed by atoms with van der Waals surface area (Å²) in [5.41, 5.74) is 0. The van der Waals surface area contributed by atoms with Gasteiger partial charge in [-0.1, -0.05) is 20.3 Å². The van der Waals surface area contributed by atoms with Crippen molar-refractivity contribution in [2.75, 3.05) is 18.5 Å². The molecule has 1 atom stereocenters. The van der Waals surface area contributed by atoms with Crippen molar-refractivity contribution < 1.29 is 0 Å². The predicted molar refractivity (Wildman–Crippen MR) is 67.5 cm³/mol. The lowest BCUT2D eigenvalue weighted by atomic mass is 10.1. The van der Waals surface area contributed by atoms with Gasteiger partial charge in [0.15, 0.2) is 0 Å². The van der Waals surface area contributed by atoms with Gasteiger partial charge in [0.2, 0.25) is 5.28 Å². The van der Waals surface area contributed by atoms with Gasteiger partial charge in [-0.05, 0) is 33.4 Å². The Morgan fingerprint density at radius 3 is 2.87 bits per heavy atom. The van der Waals surface area contributed by atoms with Gasteiger partial charge in [-0.25, -0.2) is 4.98 Å². The van der Waals surface area contributed by atoms with Crippen molar-refractivity contribution in [2.24, 2.45) is 5.92 Å². The highest BCUT2D eigenvalue weighted by Crippen LogP contribution is 2.24. The van der Waals surface area contributed by atoms with E-state index in [-0.39, 0.29) is 5.28 Å². The van der Waals surface area contributed by atoms with Crippen LogP contribution in [-0.4, -0.2) is 23.6 Å². The molecule has 0 aromatic carbocycles. The highest BCUT2D eigenvalue weighted by Gasteiger charge is 2.11. The summed E-state index contributed by atoms with van der Waals surface area (Å²) < 4.78 is 0.873. The maximum absolute atomic E-state index is 5.76. The van der Waals surface area contributed by atoms with Crippen molar-refractivity contribution >= 4 is 33.3 Å². The molecule has 0 bridgehead atoms. The second-order valence-electron chi connectivity index (χ2n) is 3.70. The van der Waals surface area contributed by atoms with E-state index in [2.05, 4.69) is 44.6 Å². The predicted octanol–water partition coefficient (Wildman–Crippen LogP) is 3.37. The van der Waals surface area contributed by atoms with Crippen LogP contribution in [0.1, 0.15) is 20.3 Å². The second kappa shape index (κ2) is 5.66. The van der Waals surface area contributed by atoms with Crippen LogP contribution in [0.25, 0.3) is 0 Å².